The van der Waals surface area contributed by atoms with E-state index in [1.165, 1.54) is 0 Å². The van der Waals surface area contributed by atoms with Crippen LogP contribution < -0.4 is 10.1 Å². The van der Waals surface area contributed by atoms with E-state index in [-0.39, 0.29) is 0 Å². The van der Waals surface area contributed by atoms with Crippen molar-refractivity contribution in [1.82, 2.24) is 9.78 Å². The van der Waals surface area contributed by atoms with Crippen molar-refractivity contribution < 1.29 is 4.74 Å². The molecule has 0 amide bonds. The summed E-state index contributed by atoms with van der Waals surface area (Å²) in [5.74, 6) is 0.906. The van der Waals surface area contributed by atoms with Crippen LogP contribution in [0.1, 0.15) is 18.9 Å². The van der Waals surface area contributed by atoms with Crippen LogP contribution in [0.25, 0.3) is 0 Å². The van der Waals surface area contributed by atoms with Gasteiger partial charge in [-0.2, -0.15) is 5.10 Å². The fourth-order valence-corrected chi connectivity index (χ4v) is 1.71. The van der Waals surface area contributed by atoms with Crippen LogP contribution in [-0.4, -0.2) is 16.4 Å². The van der Waals surface area contributed by atoms with Gasteiger partial charge < -0.3 is 10.1 Å². The first kappa shape index (κ1) is 12.5. The summed E-state index contributed by atoms with van der Waals surface area (Å²) >= 11 is 0. The molecule has 0 aliphatic rings. The van der Waals surface area contributed by atoms with Crippen LogP contribution in [0.4, 0.5) is 5.69 Å². The quantitative estimate of drug-likeness (QED) is 0.850. The van der Waals surface area contributed by atoms with Gasteiger partial charge in [0.25, 0.3) is 0 Å². The Bertz CT molecular complexity index is 493. The standard InChI is InChI=1S/C14H19N3O/c1-3-8-18-14-7-5-4-6-13(14)15-9-12-10-16-17(2)11-12/h4-7,10-11,15H,3,8-9H2,1-2H3. The molecular formula is C14H19N3O. The SMILES string of the molecule is CCCOc1ccccc1NCc1cnn(C)c1. The van der Waals surface area contributed by atoms with Gasteiger partial charge >= 0.3 is 0 Å². The average molecular weight is 245 g/mol. The zero-order valence-electron chi connectivity index (χ0n) is 10.9. The van der Waals surface area contributed by atoms with E-state index in [9.17, 15) is 0 Å². The smallest absolute Gasteiger partial charge is 0.142 e. The van der Waals surface area contributed by atoms with Crippen LogP contribution in [0.15, 0.2) is 36.7 Å². The molecule has 0 unspecified atom stereocenters. The number of hydrogen-bond acceptors (Lipinski definition) is 3. The molecule has 2 aromatic rings. The molecule has 0 atom stereocenters. The molecule has 0 spiro atoms. The van der Waals surface area contributed by atoms with Crippen LogP contribution in [0.3, 0.4) is 0 Å². The first-order chi connectivity index (χ1) is 8.79. The molecule has 1 N–H and O–H groups in total. The van der Waals surface area contributed by atoms with Gasteiger partial charge in [0.05, 0.1) is 18.5 Å². The largest absolute Gasteiger partial charge is 0.491 e. The fourth-order valence-electron chi connectivity index (χ4n) is 1.71. The number of aromatic nitrogens is 2. The summed E-state index contributed by atoms with van der Waals surface area (Å²) < 4.78 is 7.50. The number of nitrogens with zero attached hydrogens (tertiary/aromatic N) is 2. The summed E-state index contributed by atoms with van der Waals surface area (Å²) in [6.45, 7) is 3.59. The predicted octanol–water partition coefficient (Wildman–Crippen LogP) is 2.82. The van der Waals surface area contributed by atoms with E-state index in [0.29, 0.717) is 0 Å². The molecule has 0 saturated carbocycles. The van der Waals surface area contributed by atoms with Crippen molar-refractivity contribution >= 4 is 5.69 Å². The van der Waals surface area contributed by atoms with Gasteiger partial charge in [0.1, 0.15) is 5.75 Å². The second kappa shape index (κ2) is 6.10. The molecule has 0 bridgehead atoms. The number of nitrogens with one attached hydrogen (secondary N) is 1. The molecule has 1 heterocycles. The summed E-state index contributed by atoms with van der Waals surface area (Å²) in [7, 11) is 1.92. The van der Waals surface area contributed by atoms with Gasteiger partial charge in [-0.1, -0.05) is 19.1 Å². The summed E-state index contributed by atoms with van der Waals surface area (Å²) in [5, 5.41) is 7.52. The normalized spacial score (nSPS) is 10.3. The van der Waals surface area contributed by atoms with E-state index in [2.05, 4.69) is 17.3 Å². The Labute approximate surface area is 108 Å². The zero-order valence-corrected chi connectivity index (χ0v) is 10.9. The third kappa shape index (κ3) is 3.26. The highest BCUT2D eigenvalue weighted by Crippen LogP contribution is 2.24. The molecule has 0 fully saturated rings. The summed E-state index contributed by atoms with van der Waals surface area (Å²) in [4.78, 5) is 0. The third-order valence-electron chi connectivity index (χ3n) is 2.59. The highest BCUT2D eigenvalue weighted by atomic mass is 16.5. The van der Waals surface area contributed by atoms with Crippen molar-refractivity contribution in [2.45, 2.75) is 19.9 Å². The lowest BCUT2D eigenvalue weighted by Gasteiger charge is -2.12. The monoisotopic (exact) mass is 245 g/mol. The second-order valence-electron chi connectivity index (χ2n) is 4.22. The summed E-state index contributed by atoms with van der Waals surface area (Å²) in [6.07, 6.45) is 4.88. The minimum atomic E-state index is 0.742. The lowest BCUT2D eigenvalue weighted by molar-refractivity contribution is 0.319. The topological polar surface area (TPSA) is 39.1 Å². The van der Waals surface area contributed by atoms with Crippen molar-refractivity contribution in [3.8, 4) is 5.75 Å². The minimum absolute atomic E-state index is 0.742. The Morgan fingerprint density at radius 2 is 2.17 bits per heavy atom. The molecular weight excluding hydrogens is 226 g/mol. The molecule has 4 nitrogen and oxygen atoms in total. The highest BCUT2D eigenvalue weighted by molar-refractivity contribution is 5.56. The predicted molar refractivity (Wildman–Crippen MR) is 72.8 cm³/mol. The Hall–Kier alpha value is -1.97. The number of anilines is 1. The van der Waals surface area contributed by atoms with E-state index in [0.717, 1.165) is 36.6 Å². The van der Waals surface area contributed by atoms with Crippen LogP contribution in [0, 0.1) is 0 Å². The molecule has 0 aliphatic carbocycles. The Balaban J connectivity index is 1.99. The molecule has 18 heavy (non-hydrogen) atoms. The molecule has 2 rings (SSSR count). The van der Waals surface area contributed by atoms with Gasteiger partial charge in [0.2, 0.25) is 0 Å². The van der Waals surface area contributed by atoms with Crippen LogP contribution in [-0.2, 0) is 13.6 Å². The first-order valence-electron chi connectivity index (χ1n) is 6.23. The number of hydrogen-bond donors (Lipinski definition) is 1. The van der Waals surface area contributed by atoms with E-state index in [4.69, 9.17) is 4.74 Å². The van der Waals surface area contributed by atoms with Crippen LogP contribution >= 0.6 is 0 Å². The molecule has 0 saturated heterocycles. The second-order valence-corrected chi connectivity index (χ2v) is 4.22. The number of rotatable bonds is 6. The maximum absolute atomic E-state index is 5.70. The average Bonchev–Trinajstić information content (AvgIpc) is 2.81. The van der Waals surface area contributed by atoms with Gasteiger partial charge in [-0.15, -0.1) is 0 Å². The summed E-state index contributed by atoms with van der Waals surface area (Å²) in [6, 6.07) is 8.01. The number of ether oxygens (including phenoxy) is 1. The van der Waals surface area contributed by atoms with Crippen molar-refractivity contribution in [2.75, 3.05) is 11.9 Å². The van der Waals surface area contributed by atoms with Gasteiger partial charge in [0.15, 0.2) is 0 Å². The highest BCUT2D eigenvalue weighted by Gasteiger charge is 2.02. The fraction of sp³-hybridized carbons (Fsp3) is 0.357. The van der Waals surface area contributed by atoms with E-state index < -0.39 is 0 Å². The van der Waals surface area contributed by atoms with Crippen LogP contribution in [0.2, 0.25) is 0 Å². The van der Waals surface area contributed by atoms with Gasteiger partial charge in [-0.3, -0.25) is 4.68 Å². The van der Waals surface area contributed by atoms with Crippen molar-refractivity contribution in [2.24, 2.45) is 7.05 Å². The van der Waals surface area contributed by atoms with E-state index in [1.54, 1.807) is 4.68 Å². The van der Waals surface area contributed by atoms with Crippen molar-refractivity contribution in [1.29, 1.82) is 0 Å². The lowest BCUT2D eigenvalue weighted by Crippen LogP contribution is -2.03. The minimum Gasteiger partial charge on any atom is -0.491 e. The number of para-hydroxylation sites is 2. The Morgan fingerprint density at radius 3 is 2.89 bits per heavy atom. The van der Waals surface area contributed by atoms with Crippen LogP contribution in [0.5, 0.6) is 5.75 Å². The third-order valence-corrected chi connectivity index (χ3v) is 2.59. The summed E-state index contributed by atoms with van der Waals surface area (Å²) in [5.41, 5.74) is 2.18. The Kier molecular flexibility index (Phi) is 4.23. The number of benzene rings is 1. The molecule has 0 radical (unpaired) electrons. The molecule has 1 aromatic heterocycles. The first-order valence-corrected chi connectivity index (χ1v) is 6.23. The zero-order chi connectivity index (χ0) is 12.8. The maximum Gasteiger partial charge on any atom is 0.142 e. The molecule has 0 aliphatic heterocycles. The molecule has 96 valence electrons. The van der Waals surface area contributed by atoms with Gasteiger partial charge in [0, 0.05) is 25.4 Å². The maximum atomic E-state index is 5.70. The molecule has 1 aromatic carbocycles. The lowest BCUT2D eigenvalue weighted by atomic mass is 10.2. The van der Waals surface area contributed by atoms with Crippen molar-refractivity contribution in [3.63, 3.8) is 0 Å². The van der Waals surface area contributed by atoms with Gasteiger partial charge in [-0.25, -0.2) is 0 Å². The molecule has 4 heteroatoms. The van der Waals surface area contributed by atoms with E-state index in [1.807, 2.05) is 43.7 Å². The number of aryl methyl sites for hydroxylation is 1. The Morgan fingerprint density at radius 1 is 1.33 bits per heavy atom. The van der Waals surface area contributed by atoms with Crippen molar-refractivity contribution in [3.05, 3.63) is 42.2 Å². The van der Waals surface area contributed by atoms with E-state index >= 15 is 0 Å². The van der Waals surface area contributed by atoms with Gasteiger partial charge in [-0.05, 0) is 18.6 Å².